The van der Waals surface area contributed by atoms with Crippen molar-refractivity contribution in [1.82, 2.24) is 10.6 Å². The molecule has 1 saturated heterocycles. The molecule has 6 nitrogen and oxygen atoms in total. The van der Waals surface area contributed by atoms with Crippen molar-refractivity contribution < 1.29 is 14.7 Å². The van der Waals surface area contributed by atoms with Gasteiger partial charge in [-0.3, -0.25) is 4.79 Å². The van der Waals surface area contributed by atoms with Gasteiger partial charge in [0.2, 0.25) is 0 Å². The molecule has 4 N–H and O–H groups in total. The topological polar surface area (TPSA) is 90.5 Å². The number of carbonyl (C=O) groups is 2. The van der Waals surface area contributed by atoms with E-state index in [-0.39, 0.29) is 11.9 Å². The monoisotopic (exact) mass is 433 g/mol. The second-order valence-electron chi connectivity index (χ2n) is 7.19. The molecule has 3 atom stereocenters. The van der Waals surface area contributed by atoms with E-state index in [1.165, 1.54) is 0 Å². The number of carbonyl (C=O) groups excluding carboxylic acids is 1. The summed E-state index contributed by atoms with van der Waals surface area (Å²) in [5.41, 5.74) is 1.31. The quantitative estimate of drug-likeness (QED) is 0.391. The zero-order valence-electron chi connectivity index (χ0n) is 16.4. The lowest BCUT2D eigenvalue weighted by atomic mass is 10.0. The first kappa shape index (κ1) is 21.8. The number of thiol groups is 1. The minimum atomic E-state index is -1.02. The van der Waals surface area contributed by atoms with E-state index < -0.39 is 12.0 Å². The Morgan fingerprint density at radius 3 is 2.83 bits per heavy atom. The van der Waals surface area contributed by atoms with Gasteiger partial charge in [-0.05, 0) is 54.3 Å². The molecule has 0 saturated carbocycles. The minimum Gasteiger partial charge on any atom is -0.480 e. The summed E-state index contributed by atoms with van der Waals surface area (Å²) in [6.07, 6.45) is 3.33. The van der Waals surface area contributed by atoms with E-state index in [1.807, 2.05) is 36.6 Å². The normalized spacial score (nSPS) is 19.8. The Morgan fingerprint density at radius 2 is 2.14 bits per heavy atom. The van der Waals surface area contributed by atoms with Crippen molar-refractivity contribution in [2.45, 2.75) is 30.2 Å². The molecule has 1 aliphatic rings. The number of rotatable bonds is 9. The van der Waals surface area contributed by atoms with Crippen molar-refractivity contribution in [1.29, 1.82) is 0 Å². The Hall–Kier alpha value is -1.90. The van der Waals surface area contributed by atoms with Crippen molar-refractivity contribution in [3.05, 3.63) is 42.0 Å². The van der Waals surface area contributed by atoms with Crippen molar-refractivity contribution in [2.24, 2.45) is 0 Å². The number of carboxylic acid groups (broad SMARTS) is 1. The summed E-state index contributed by atoms with van der Waals surface area (Å²) in [6.45, 7) is 1.66. The van der Waals surface area contributed by atoms with Crippen LogP contribution in [-0.2, 0) is 4.79 Å². The number of hydrogen-bond donors (Lipinski definition) is 5. The zero-order valence-corrected chi connectivity index (χ0v) is 18.1. The van der Waals surface area contributed by atoms with Crippen LogP contribution in [0.4, 0.5) is 5.69 Å². The van der Waals surface area contributed by atoms with Gasteiger partial charge >= 0.3 is 5.97 Å². The van der Waals surface area contributed by atoms with Crippen molar-refractivity contribution >= 4 is 52.7 Å². The van der Waals surface area contributed by atoms with E-state index in [0.29, 0.717) is 29.5 Å². The molecule has 29 heavy (non-hydrogen) atoms. The summed E-state index contributed by atoms with van der Waals surface area (Å²) < 4.78 is 0. The van der Waals surface area contributed by atoms with Gasteiger partial charge in [-0.15, -0.1) is 0 Å². The smallest absolute Gasteiger partial charge is 0.326 e. The SMILES string of the molecule is CSCC[C@H](NC(=O)c1cc(NCC2NCCC2S)cc2ccccc12)C(=O)O. The van der Waals surface area contributed by atoms with Crippen molar-refractivity contribution in [2.75, 3.05) is 30.4 Å². The van der Waals surface area contributed by atoms with Crippen LogP contribution in [0.1, 0.15) is 23.2 Å². The number of thioether (sulfide) groups is 1. The van der Waals surface area contributed by atoms with Gasteiger partial charge in [0.1, 0.15) is 6.04 Å². The Labute approximate surface area is 180 Å². The molecule has 1 aliphatic heterocycles. The van der Waals surface area contributed by atoms with E-state index in [1.54, 1.807) is 17.8 Å². The molecule has 2 aromatic rings. The van der Waals surface area contributed by atoms with Crippen molar-refractivity contribution in [3.63, 3.8) is 0 Å². The van der Waals surface area contributed by atoms with Crippen LogP contribution >= 0.6 is 24.4 Å². The van der Waals surface area contributed by atoms with Gasteiger partial charge < -0.3 is 21.1 Å². The summed E-state index contributed by atoms with van der Waals surface area (Å²) in [5, 5.41) is 21.0. The molecule has 1 amide bonds. The van der Waals surface area contributed by atoms with Crippen molar-refractivity contribution in [3.8, 4) is 0 Å². The molecule has 0 aromatic heterocycles. The molecular formula is C21H27N3O3S2. The van der Waals surface area contributed by atoms with Crippen LogP contribution in [0.25, 0.3) is 10.8 Å². The first-order chi connectivity index (χ1) is 14.0. The second-order valence-corrected chi connectivity index (χ2v) is 8.84. The summed E-state index contributed by atoms with van der Waals surface area (Å²) in [7, 11) is 0. The predicted molar refractivity (Wildman–Crippen MR) is 124 cm³/mol. The van der Waals surface area contributed by atoms with E-state index >= 15 is 0 Å². The highest BCUT2D eigenvalue weighted by molar-refractivity contribution is 7.98. The lowest BCUT2D eigenvalue weighted by Gasteiger charge is -2.19. The first-order valence-electron chi connectivity index (χ1n) is 9.70. The van der Waals surface area contributed by atoms with E-state index in [4.69, 9.17) is 0 Å². The lowest BCUT2D eigenvalue weighted by molar-refractivity contribution is -0.139. The molecule has 3 rings (SSSR count). The van der Waals surface area contributed by atoms with Crippen LogP contribution in [0, 0.1) is 0 Å². The van der Waals surface area contributed by atoms with Gasteiger partial charge in [0.15, 0.2) is 0 Å². The molecule has 0 aliphatic carbocycles. The van der Waals surface area contributed by atoms with Crippen LogP contribution in [0.2, 0.25) is 0 Å². The molecule has 156 valence electrons. The van der Waals surface area contributed by atoms with E-state index in [0.717, 1.165) is 29.4 Å². The molecule has 1 fully saturated rings. The van der Waals surface area contributed by atoms with Crippen LogP contribution in [0.5, 0.6) is 0 Å². The third-order valence-electron chi connectivity index (χ3n) is 5.16. The number of benzene rings is 2. The number of carboxylic acids is 1. The summed E-state index contributed by atoms with van der Waals surface area (Å²) in [6, 6.07) is 10.8. The maximum atomic E-state index is 13.0. The van der Waals surface area contributed by atoms with Crippen LogP contribution < -0.4 is 16.0 Å². The van der Waals surface area contributed by atoms with E-state index in [2.05, 4.69) is 28.6 Å². The fraction of sp³-hybridized carbons (Fsp3) is 0.429. The average molecular weight is 434 g/mol. The number of aliphatic carboxylic acids is 1. The standard InChI is InChI=1S/C21H27N3O3S2/c1-29-9-7-17(21(26)27)24-20(25)16-11-14(10-13-4-2-3-5-15(13)16)23-12-18-19(28)6-8-22-18/h2-5,10-11,17-19,22-23,28H,6-9,12H2,1H3,(H,24,25)(H,26,27)/t17-,18?,19?/m0/s1. The molecule has 0 radical (unpaired) electrons. The third-order valence-corrected chi connectivity index (χ3v) is 6.42. The van der Waals surface area contributed by atoms with E-state index in [9.17, 15) is 14.7 Å². The van der Waals surface area contributed by atoms with Gasteiger partial charge in [0.05, 0.1) is 0 Å². The summed E-state index contributed by atoms with van der Waals surface area (Å²) in [4.78, 5) is 24.5. The molecule has 1 heterocycles. The predicted octanol–water partition coefficient (Wildman–Crippen LogP) is 2.85. The van der Waals surface area contributed by atoms with Gasteiger partial charge in [0, 0.05) is 29.1 Å². The third kappa shape index (κ3) is 5.58. The minimum absolute atomic E-state index is 0.269. The maximum Gasteiger partial charge on any atom is 0.326 e. The molecule has 0 spiro atoms. The first-order valence-corrected chi connectivity index (χ1v) is 11.6. The number of anilines is 1. The van der Waals surface area contributed by atoms with Gasteiger partial charge in [-0.2, -0.15) is 24.4 Å². The van der Waals surface area contributed by atoms with Crippen LogP contribution in [0.15, 0.2) is 36.4 Å². The Morgan fingerprint density at radius 1 is 1.34 bits per heavy atom. The summed E-state index contributed by atoms with van der Waals surface area (Å²) in [5.74, 6) is -0.721. The number of fused-ring (bicyclic) bond motifs is 1. The second kappa shape index (κ2) is 10.2. The zero-order chi connectivity index (χ0) is 20.8. The largest absolute Gasteiger partial charge is 0.480 e. The molecule has 8 heteroatoms. The molecule has 2 unspecified atom stereocenters. The average Bonchev–Trinajstić information content (AvgIpc) is 3.13. The maximum absolute atomic E-state index is 13.0. The Bertz CT molecular complexity index is 877. The fourth-order valence-corrected chi connectivity index (χ4v) is 4.33. The highest BCUT2D eigenvalue weighted by atomic mass is 32.2. The summed E-state index contributed by atoms with van der Waals surface area (Å²) >= 11 is 6.16. The Kier molecular flexibility index (Phi) is 7.69. The number of amides is 1. The highest BCUT2D eigenvalue weighted by Crippen LogP contribution is 2.25. The van der Waals surface area contributed by atoms with Crippen LogP contribution in [0.3, 0.4) is 0 Å². The van der Waals surface area contributed by atoms with Gasteiger partial charge in [-0.1, -0.05) is 24.3 Å². The highest BCUT2D eigenvalue weighted by Gasteiger charge is 2.24. The number of hydrogen-bond acceptors (Lipinski definition) is 6. The molecule has 0 bridgehead atoms. The molecule has 2 aromatic carbocycles. The van der Waals surface area contributed by atoms with Gasteiger partial charge in [-0.25, -0.2) is 4.79 Å². The van der Waals surface area contributed by atoms with Gasteiger partial charge in [0.25, 0.3) is 5.91 Å². The van der Waals surface area contributed by atoms with Crippen LogP contribution in [-0.4, -0.2) is 59.4 Å². The molecular weight excluding hydrogens is 406 g/mol. The number of nitrogens with one attached hydrogen (secondary N) is 3. The fourth-order valence-electron chi connectivity index (χ4n) is 3.52. The Balaban J connectivity index is 1.83. The lowest BCUT2D eigenvalue weighted by Crippen LogP contribution is -2.41.